The third kappa shape index (κ3) is 6.80. The SMILES string of the molecule is CCc1ccc(-c2c(-c3ccccc3)oc3ncnc(CC[C@H](C)OCCC(=O)OC(C)(C)C)c23)nc1. The number of aromatic nitrogens is 3. The minimum Gasteiger partial charge on any atom is -0.460 e. The van der Waals surface area contributed by atoms with Crippen LogP contribution in [0, 0.1) is 0 Å². The van der Waals surface area contributed by atoms with Gasteiger partial charge < -0.3 is 13.9 Å². The summed E-state index contributed by atoms with van der Waals surface area (Å²) in [4.78, 5) is 25.8. The maximum atomic E-state index is 12.0. The van der Waals surface area contributed by atoms with Crippen molar-refractivity contribution in [1.82, 2.24) is 15.0 Å². The minimum atomic E-state index is -0.492. The van der Waals surface area contributed by atoms with Gasteiger partial charge in [0, 0.05) is 11.8 Å². The summed E-state index contributed by atoms with van der Waals surface area (Å²) in [5, 5.41) is 0.874. The fraction of sp³-hybridized carbons (Fsp3) is 0.400. The molecule has 0 spiro atoms. The number of ether oxygens (including phenoxy) is 2. The van der Waals surface area contributed by atoms with E-state index in [2.05, 4.69) is 23.0 Å². The zero-order chi connectivity index (χ0) is 26.4. The number of furan rings is 1. The number of carbonyl (C=O) groups excluding carboxylic acids is 1. The molecule has 0 saturated heterocycles. The van der Waals surface area contributed by atoms with Gasteiger partial charge in [-0.1, -0.05) is 43.3 Å². The quantitative estimate of drug-likeness (QED) is 0.227. The van der Waals surface area contributed by atoms with E-state index in [1.807, 2.05) is 70.3 Å². The van der Waals surface area contributed by atoms with Crippen molar-refractivity contribution in [3.63, 3.8) is 0 Å². The number of rotatable bonds is 10. The van der Waals surface area contributed by atoms with Crippen molar-refractivity contribution in [2.45, 2.75) is 72.0 Å². The van der Waals surface area contributed by atoms with Gasteiger partial charge in [-0.05, 0) is 58.6 Å². The summed E-state index contributed by atoms with van der Waals surface area (Å²) in [7, 11) is 0. The molecular formula is C30H35N3O4. The van der Waals surface area contributed by atoms with E-state index in [-0.39, 0.29) is 18.5 Å². The molecule has 1 aromatic carbocycles. The summed E-state index contributed by atoms with van der Waals surface area (Å²) in [6.07, 6.45) is 5.94. The molecule has 0 unspecified atom stereocenters. The molecule has 7 nitrogen and oxygen atoms in total. The maximum Gasteiger partial charge on any atom is 0.308 e. The number of carbonyl (C=O) groups is 1. The first kappa shape index (κ1) is 26.5. The highest BCUT2D eigenvalue weighted by Gasteiger charge is 2.23. The van der Waals surface area contributed by atoms with E-state index in [9.17, 15) is 4.79 Å². The van der Waals surface area contributed by atoms with Crippen molar-refractivity contribution in [1.29, 1.82) is 0 Å². The molecule has 1 atom stereocenters. The molecule has 0 aliphatic carbocycles. The molecule has 0 bridgehead atoms. The van der Waals surface area contributed by atoms with Crippen LogP contribution in [0.3, 0.4) is 0 Å². The number of benzene rings is 1. The van der Waals surface area contributed by atoms with Gasteiger partial charge in [-0.2, -0.15) is 0 Å². The summed E-state index contributed by atoms with van der Waals surface area (Å²) < 4.78 is 17.6. The summed E-state index contributed by atoms with van der Waals surface area (Å²) in [6, 6.07) is 14.1. The molecule has 7 heteroatoms. The molecule has 4 aromatic rings. The third-order valence-corrected chi connectivity index (χ3v) is 6.01. The minimum absolute atomic E-state index is 0.0571. The zero-order valence-electron chi connectivity index (χ0n) is 22.3. The van der Waals surface area contributed by atoms with Gasteiger partial charge in [0.25, 0.3) is 0 Å². The van der Waals surface area contributed by atoms with Crippen molar-refractivity contribution in [2.75, 3.05) is 6.61 Å². The summed E-state index contributed by atoms with van der Waals surface area (Å²) in [5.74, 6) is 0.478. The number of esters is 1. The van der Waals surface area contributed by atoms with E-state index in [4.69, 9.17) is 18.9 Å². The van der Waals surface area contributed by atoms with Crippen LogP contribution in [0.5, 0.6) is 0 Å². The predicted molar refractivity (Wildman–Crippen MR) is 144 cm³/mol. The molecule has 0 aliphatic rings. The first-order chi connectivity index (χ1) is 17.7. The Balaban J connectivity index is 1.57. The van der Waals surface area contributed by atoms with Gasteiger partial charge in [0.15, 0.2) is 0 Å². The van der Waals surface area contributed by atoms with Crippen molar-refractivity contribution in [2.24, 2.45) is 0 Å². The first-order valence-corrected chi connectivity index (χ1v) is 12.9. The van der Waals surface area contributed by atoms with E-state index in [1.54, 1.807) is 6.33 Å². The highest BCUT2D eigenvalue weighted by atomic mass is 16.6. The lowest BCUT2D eigenvalue weighted by molar-refractivity contribution is -0.156. The molecule has 0 aliphatic heterocycles. The normalized spacial score (nSPS) is 12.6. The number of fused-ring (bicyclic) bond motifs is 1. The number of nitrogens with zero attached hydrogens (tertiary/aromatic N) is 3. The van der Waals surface area contributed by atoms with E-state index in [1.165, 1.54) is 5.56 Å². The fourth-order valence-electron chi connectivity index (χ4n) is 4.16. The Morgan fingerprint density at radius 1 is 1.05 bits per heavy atom. The number of hydrogen-bond acceptors (Lipinski definition) is 7. The van der Waals surface area contributed by atoms with Crippen molar-refractivity contribution >= 4 is 17.1 Å². The molecule has 3 aromatic heterocycles. The summed E-state index contributed by atoms with van der Waals surface area (Å²) >= 11 is 0. The van der Waals surface area contributed by atoms with Gasteiger partial charge in [-0.25, -0.2) is 9.97 Å². The van der Waals surface area contributed by atoms with Crippen LogP contribution in [0.25, 0.3) is 33.7 Å². The lowest BCUT2D eigenvalue weighted by Gasteiger charge is -2.20. The zero-order valence-corrected chi connectivity index (χ0v) is 22.3. The summed E-state index contributed by atoms with van der Waals surface area (Å²) in [5.41, 5.74) is 4.79. The van der Waals surface area contributed by atoms with Gasteiger partial charge in [0.05, 0.1) is 41.5 Å². The number of pyridine rings is 1. The average molecular weight is 502 g/mol. The molecular weight excluding hydrogens is 466 g/mol. The number of hydrogen-bond donors (Lipinski definition) is 0. The monoisotopic (exact) mass is 501 g/mol. The van der Waals surface area contributed by atoms with Gasteiger partial charge >= 0.3 is 5.97 Å². The van der Waals surface area contributed by atoms with Crippen LogP contribution >= 0.6 is 0 Å². The Morgan fingerprint density at radius 2 is 1.84 bits per heavy atom. The Hall–Kier alpha value is -3.58. The fourth-order valence-corrected chi connectivity index (χ4v) is 4.16. The number of aryl methyl sites for hydroxylation is 2. The molecule has 37 heavy (non-hydrogen) atoms. The summed E-state index contributed by atoms with van der Waals surface area (Å²) in [6.45, 7) is 10.0. The second kappa shape index (κ2) is 11.6. The van der Waals surface area contributed by atoms with Crippen LogP contribution in [0.1, 0.15) is 58.7 Å². The van der Waals surface area contributed by atoms with Crippen LogP contribution in [0.4, 0.5) is 0 Å². The Labute approximate surface area is 218 Å². The van der Waals surface area contributed by atoms with Crippen molar-refractivity contribution in [3.05, 3.63) is 66.2 Å². The molecule has 0 N–H and O–H groups in total. The van der Waals surface area contributed by atoms with Gasteiger partial charge in [-0.3, -0.25) is 9.78 Å². The predicted octanol–water partition coefficient (Wildman–Crippen LogP) is 6.58. The topological polar surface area (TPSA) is 87.3 Å². The molecule has 0 saturated carbocycles. The molecule has 3 heterocycles. The Bertz CT molecular complexity index is 1320. The standard InChI is InChI=1S/C30H35N3O4/c1-6-21-13-15-23(31-18-21)26-27-24(14-12-20(2)35-17-16-25(34)37-30(3,4)5)32-19-33-29(27)36-28(26)22-10-8-7-9-11-22/h7-11,13,15,18-20H,6,12,14,16-17H2,1-5H3/t20-/m0/s1. The smallest absolute Gasteiger partial charge is 0.308 e. The highest BCUT2D eigenvalue weighted by Crippen LogP contribution is 2.40. The van der Waals surface area contributed by atoms with Crippen LogP contribution in [0.2, 0.25) is 0 Å². The van der Waals surface area contributed by atoms with E-state index >= 15 is 0 Å². The van der Waals surface area contributed by atoms with Crippen molar-refractivity contribution < 1.29 is 18.7 Å². The van der Waals surface area contributed by atoms with Crippen molar-refractivity contribution in [3.8, 4) is 22.6 Å². The largest absolute Gasteiger partial charge is 0.460 e. The second-order valence-corrected chi connectivity index (χ2v) is 10.1. The molecule has 194 valence electrons. The van der Waals surface area contributed by atoms with Crippen LogP contribution in [-0.2, 0) is 27.1 Å². The highest BCUT2D eigenvalue weighted by molar-refractivity contribution is 6.00. The van der Waals surface area contributed by atoms with Gasteiger partial charge in [-0.15, -0.1) is 0 Å². The molecule has 0 radical (unpaired) electrons. The lowest BCUT2D eigenvalue weighted by atomic mass is 10.00. The van der Waals surface area contributed by atoms with Crippen LogP contribution < -0.4 is 0 Å². The lowest BCUT2D eigenvalue weighted by Crippen LogP contribution is -2.25. The second-order valence-electron chi connectivity index (χ2n) is 10.1. The third-order valence-electron chi connectivity index (χ3n) is 6.01. The van der Waals surface area contributed by atoms with Crippen LogP contribution in [0.15, 0.2) is 59.4 Å². The molecule has 0 amide bonds. The van der Waals surface area contributed by atoms with E-state index < -0.39 is 5.60 Å². The van der Waals surface area contributed by atoms with Gasteiger partial charge in [0.2, 0.25) is 5.71 Å². The Morgan fingerprint density at radius 3 is 2.51 bits per heavy atom. The van der Waals surface area contributed by atoms with E-state index in [0.29, 0.717) is 18.7 Å². The molecule has 4 rings (SSSR count). The van der Waals surface area contributed by atoms with E-state index in [0.717, 1.165) is 46.5 Å². The Kier molecular flexibility index (Phi) is 8.34. The van der Waals surface area contributed by atoms with Crippen LogP contribution in [-0.4, -0.2) is 39.2 Å². The maximum absolute atomic E-state index is 12.0. The molecule has 0 fully saturated rings. The average Bonchev–Trinajstić information content (AvgIpc) is 3.27. The van der Waals surface area contributed by atoms with Gasteiger partial charge in [0.1, 0.15) is 17.7 Å². The first-order valence-electron chi connectivity index (χ1n) is 12.9.